The van der Waals surface area contributed by atoms with E-state index < -0.39 is 36.1 Å². The molecule has 0 amide bonds. The Balaban J connectivity index is 1.46. The van der Waals surface area contributed by atoms with Crippen molar-refractivity contribution in [2.75, 3.05) is 12.3 Å². The van der Waals surface area contributed by atoms with Crippen LogP contribution in [-0.4, -0.2) is 43.5 Å². The van der Waals surface area contributed by atoms with Crippen LogP contribution in [-0.2, 0) is 19.4 Å². The van der Waals surface area contributed by atoms with Crippen LogP contribution in [0.4, 0.5) is 19.0 Å². The molecule has 2 aliphatic rings. The minimum Gasteiger partial charge on any atom is -0.388 e. The van der Waals surface area contributed by atoms with E-state index in [1.165, 1.54) is 12.4 Å². The molecule has 7 nitrogen and oxygen atoms in total. The number of aliphatic hydroxyl groups excluding tert-OH is 2. The molecule has 2 aromatic heterocycles. The molecule has 1 aliphatic carbocycles. The van der Waals surface area contributed by atoms with Crippen LogP contribution in [0.5, 0.6) is 0 Å². The molecular formula is C24H26F3N5O2. The van der Waals surface area contributed by atoms with Gasteiger partial charge in [0.2, 0.25) is 0 Å². The van der Waals surface area contributed by atoms with Crippen LogP contribution in [0.25, 0.3) is 11.0 Å². The predicted molar refractivity (Wildman–Crippen MR) is 121 cm³/mol. The Morgan fingerprint density at radius 2 is 2.03 bits per heavy atom. The number of nitrogens with two attached hydrogens (primary N) is 1. The fourth-order valence-electron chi connectivity index (χ4n) is 5.23. The van der Waals surface area contributed by atoms with E-state index in [1.807, 2.05) is 13.1 Å². The first-order chi connectivity index (χ1) is 16.3. The van der Waals surface area contributed by atoms with E-state index in [0.29, 0.717) is 71.5 Å². The van der Waals surface area contributed by atoms with Crippen molar-refractivity contribution >= 4 is 16.9 Å². The Bertz CT molecular complexity index is 1290. The highest BCUT2D eigenvalue weighted by atomic mass is 19.3. The van der Waals surface area contributed by atoms with E-state index in [0.717, 1.165) is 5.56 Å². The van der Waals surface area contributed by atoms with E-state index in [-0.39, 0.29) is 0 Å². The predicted octanol–water partition coefficient (Wildman–Crippen LogP) is 2.88. The third kappa shape index (κ3) is 3.66. The van der Waals surface area contributed by atoms with E-state index in [9.17, 15) is 23.4 Å². The molecule has 3 atom stereocenters. The number of aliphatic hydroxyl groups is 2. The van der Waals surface area contributed by atoms with Crippen LogP contribution in [0.3, 0.4) is 0 Å². The van der Waals surface area contributed by atoms with Gasteiger partial charge in [0.05, 0.1) is 17.0 Å². The maximum atomic E-state index is 14.6. The second kappa shape index (κ2) is 8.68. The van der Waals surface area contributed by atoms with Gasteiger partial charge >= 0.3 is 0 Å². The molecule has 34 heavy (non-hydrogen) atoms. The van der Waals surface area contributed by atoms with Gasteiger partial charge in [-0.1, -0.05) is 6.08 Å². The molecule has 1 aliphatic heterocycles. The van der Waals surface area contributed by atoms with Crippen LogP contribution >= 0.6 is 0 Å². The quantitative estimate of drug-likeness (QED) is 0.425. The lowest BCUT2D eigenvalue weighted by atomic mass is 9.89. The van der Waals surface area contributed by atoms with Crippen LogP contribution in [0, 0.1) is 12.7 Å². The Morgan fingerprint density at radius 1 is 1.24 bits per heavy atom. The van der Waals surface area contributed by atoms with Crippen molar-refractivity contribution in [2.24, 2.45) is 0 Å². The molecular weight excluding hydrogens is 447 g/mol. The third-order valence-electron chi connectivity index (χ3n) is 6.96. The van der Waals surface area contributed by atoms with Crippen LogP contribution in [0.15, 0.2) is 30.2 Å². The number of aromatic nitrogens is 3. The number of nitrogens with one attached hydrogen (secondary N) is 1. The normalized spacial score (nSPS) is 22.4. The summed E-state index contributed by atoms with van der Waals surface area (Å²) in [6.45, 7) is 2.81. The van der Waals surface area contributed by atoms with Gasteiger partial charge in [0, 0.05) is 12.7 Å². The maximum absolute atomic E-state index is 14.6. The van der Waals surface area contributed by atoms with Gasteiger partial charge in [-0.3, -0.25) is 0 Å². The van der Waals surface area contributed by atoms with Crippen LogP contribution in [0.2, 0.25) is 0 Å². The number of rotatable bonds is 5. The molecule has 2 unspecified atom stereocenters. The largest absolute Gasteiger partial charge is 0.388 e. The number of halogens is 3. The first-order valence-electron chi connectivity index (χ1n) is 11.2. The molecule has 0 saturated carbocycles. The molecule has 1 aromatic carbocycles. The zero-order chi connectivity index (χ0) is 24.1. The number of nitrogens with zero attached hydrogens (tertiary/aromatic N) is 3. The van der Waals surface area contributed by atoms with Gasteiger partial charge in [0.25, 0.3) is 6.43 Å². The average Bonchev–Trinajstić information content (AvgIpc) is 3.30. The SMILES string of the molecule is Cc1cn(C2C=C(CCc3cc(C(F)F)c(F)c4c3CNCC4)C(O)[C@@H]2O)c2ncnc(N)c12. The molecule has 5 rings (SSSR count). The molecule has 0 saturated heterocycles. The van der Waals surface area contributed by atoms with Gasteiger partial charge in [0.15, 0.2) is 0 Å². The van der Waals surface area contributed by atoms with Crippen molar-refractivity contribution in [2.45, 2.75) is 57.4 Å². The van der Waals surface area contributed by atoms with Gasteiger partial charge in [0.1, 0.15) is 35.8 Å². The first kappa shape index (κ1) is 22.8. The first-order valence-corrected chi connectivity index (χ1v) is 11.2. The Labute approximate surface area is 194 Å². The fourth-order valence-corrected chi connectivity index (χ4v) is 5.23. The van der Waals surface area contributed by atoms with Gasteiger partial charge in [-0.15, -0.1) is 0 Å². The molecule has 0 fully saturated rings. The number of fused-ring (bicyclic) bond motifs is 2. The van der Waals surface area contributed by atoms with Crippen molar-refractivity contribution in [1.29, 1.82) is 0 Å². The molecule has 0 bridgehead atoms. The molecule has 0 radical (unpaired) electrons. The summed E-state index contributed by atoms with van der Waals surface area (Å²) in [6.07, 6.45) is 0.849. The fraction of sp³-hybridized carbons (Fsp3) is 0.417. The highest BCUT2D eigenvalue weighted by Gasteiger charge is 2.36. The summed E-state index contributed by atoms with van der Waals surface area (Å²) in [6, 6.07) is 0.667. The summed E-state index contributed by atoms with van der Waals surface area (Å²) < 4.78 is 43.3. The second-order valence-electron chi connectivity index (χ2n) is 8.97. The van der Waals surface area contributed by atoms with Gasteiger partial charge in [-0.25, -0.2) is 23.1 Å². The summed E-state index contributed by atoms with van der Waals surface area (Å²) in [5, 5.41) is 25.4. The number of nitrogen functional groups attached to an aromatic ring is 1. The number of hydrogen-bond acceptors (Lipinski definition) is 6. The van der Waals surface area contributed by atoms with E-state index in [2.05, 4.69) is 15.3 Å². The maximum Gasteiger partial charge on any atom is 0.266 e. The van der Waals surface area contributed by atoms with Crippen molar-refractivity contribution < 1.29 is 23.4 Å². The van der Waals surface area contributed by atoms with E-state index in [4.69, 9.17) is 5.73 Å². The lowest BCUT2D eigenvalue weighted by molar-refractivity contribution is 0.0317. The number of benzene rings is 1. The number of hydrogen-bond donors (Lipinski definition) is 4. The summed E-state index contributed by atoms with van der Waals surface area (Å²) in [5.74, 6) is -0.481. The van der Waals surface area contributed by atoms with Crippen LogP contribution in [0.1, 0.15) is 46.7 Å². The molecule has 180 valence electrons. The highest BCUT2D eigenvalue weighted by Crippen LogP contribution is 2.37. The summed E-state index contributed by atoms with van der Waals surface area (Å²) in [7, 11) is 0. The van der Waals surface area contributed by atoms with Crippen molar-refractivity contribution in [1.82, 2.24) is 19.9 Å². The van der Waals surface area contributed by atoms with E-state index in [1.54, 1.807) is 10.6 Å². The lowest BCUT2D eigenvalue weighted by Crippen LogP contribution is -2.29. The zero-order valence-electron chi connectivity index (χ0n) is 18.6. The summed E-state index contributed by atoms with van der Waals surface area (Å²) in [5.41, 5.74) is 9.09. The number of aryl methyl sites for hydroxylation is 2. The molecule has 10 heteroatoms. The summed E-state index contributed by atoms with van der Waals surface area (Å²) in [4.78, 5) is 8.33. The summed E-state index contributed by atoms with van der Waals surface area (Å²) >= 11 is 0. The topological polar surface area (TPSA) is 109 Å². The minimum absolute atomic E-state index is 0.336. The van der Waals surface area contributed by atoms with Crippen molar-refractivity contribution in [3.63, 3.8) is 0 Å². The van der Waals surface area contributed by atoms with Crippen LogP contribution < -0.4 is 11.1 Å². The number of alkyl halides is 2. The van der Waals surface area contributed by atoms with Gasteiger partial charge in [-0.05, 0) is 66.6 Å². The highest BCUT2D eigenvalue weighted by molar-refractivity contribution is 5.89. The zero-order valence-corrected chi connectivity index (χ0v) is 18.6. The third-order valence-corrected chi connectivity index (χ3v) is 6.96. The molecule has 5 N–H and O–H groups in total. The minimum atomic E-state index is -2.90. The lowest BCUT2D eigenvalue weighted by Gasteiger charge is -2.23. The number of anilines is 1. The Hall–Kier alpha value is -2.95. The van der Waals surface area contributed by atoms with Crippen molar-refractivity contribution in [3.8, 4) is 0 Å². The monoisotopic (exact) mass is 473 g/mol. The smallest absolute Gasteiger partial charge is 0.266 e. The van der Waals surface area contributed by atoms with Crippen molar-refractivity contribution in [3.05, 3.63) is 63.9 Å². The molecule has 0 spiro atoms. The Morgan fingerprint density at radius 3 is 2.79 bits per heavy atom. The van der Waals surface area contributed by atoms with Gasteiger partial charge in [-0.2, -0.15) is 0 Å². The molecule has 3 heterocycles. The second-order valence-corrected chi connectivity index (χ2v) is 8.97. The average molecular weight is 473 g/mol. The Kier molecular flexibility index (Phi) is 5.83. The molecule has 3 aromatic rings. The van der Waals surface area contributed by atoms with E-state index >= 15 is 0 Å². The standard InChI is InChI=1S/C24H26F3N5O2/c1-11-9-32(24-18(11)23(28)30-10-31-24)17-7-13(20(33)21(17)34)3-2-12-6-15(22(26)27)19(25)14-4-5-29-8-16(12)14/h6-7,9-10,17,20-22,29,33-34H,2-5,8H2,1H3,(H2,28,30,31)/t17?,20?,21-/m1/s1. The van der Waals surface area contributed by atoms with Gasteiger partial charge < -0.3 is 25.8 Å².